The number of allylic oxidation sites excluding steroid dienone is 1. The van der Waals surface area contributed by atoms with Crippen LogP contribution in [-0.2, 0) is 19.5 Å². The number of nitrogens with zero attached hydrogens (tertiary/aromatic N) is 4. The van der Waals surface area contributed by atoms with E-state index in [1.807, 2.05) is 0 Å². The van der Waals surface area contributed by atoms with Crippen molar-refractivity contribution in [1.29, 1.82) is 0 Å². The molecule has 0 heterocycles. The lowest BCUT2D eigenvalue weighted by Crippen LogP contribution is -2.28. The van der Waals surface area contributed by atoms with E-state index in [-0.39, 0.29) is 38.8 Å². The third-order valence-electron chi connectivity index (χ3n) is 5.12. The van der Waals surface area contributed by atoms with E-state index < -0.39 is 31.4 Å². The van der Waals surface area contributed by atoms with E-state index in [9.17, 15) is 27.9 Å². The van der Waals surface area contributed by atoms with Crippen molar-refractivity contribution >= 4 is 68.2 Å². The molecule has 0 spiro atoms. The first-order chi connectivity index (χ1) is 18.6. The number of hydrogen-bond acceptors (Lipinski definition) is 14. The molecule has 1 aliphatic carbocycles. The van der Waals surface area contributed by atoms with E-state index in [1.165, 1.54) is 30.3 Å². The zero-order valence-corrected chi connectivity index (χ0v) is 20.9. The Morgan fingerprint density at radius 2 is 1.77 bits per heavy atom. The fraction of sp³-hybridized carbons (Fsp3) is 0. The molecule has 17 heteroatoms. The number of carbonyl (C=O) groups excluding carboxylic acids is 1. The van der Waals surface area contributed by atoms with Gasteiger partial charge in [-0.2, -0.15) is 18.6 Å². The number of nitro benzene ring substituents is 1. The van der Waals surface area contributed by atoms with Crippen LogP contribution in [0.1, 0.15) is 15.9 Å². The molecule has 1 aliphatic rings. The Labute approximate surface area is 223 Å². The number of nitrogens with one attached hydrogen (secondary N) is 1. The van der Waals surface area contributed by atoms with Crippen LogP contribution in [0.3, 0.4) is 0 Å². The third kappa shape index (κ3) is 6.14. The van der Waals surface area contributed by atoms with Crippen molar-refractivity contribution in [1.82, 2.24) is 0 Å². The van der Waals surface area contributed by atoms with Crippen molar-refractivity contribution in [3.05, 3.63) is 86.8 Å². The lowest BCUT2D eigenvalue weighted by molar-refractivity contribution is -0.432. The number of nitro groups is 1. The molecule has 0 saturated heterocycles. The number of carbonyl (C=O) groups is 1. The van der Waals surface area contributed by atoms with E-state index in [1.54, 1.807) is 30.3 Å². The quantitative estimate of drug-likeness (QED) is 0.0509. The Kier molecular flexibility index (Phi) is 8.10. The highest BCUT2D eigenvalue weighted by Crippen LogP contribution is 2.43. The Hall–Kier alpha value is -4.52. The largest absolute Gasteiger partial charge is 0.396 e. The monoisotopic (exact) mass is 572 g/mol. The maximum Gasteiger partial charge on any atom is 0.296 e. The van der Waals surface area contributed by atoms with E-state index >= 15 is 0 Å². The van der Waals surface area contributed by atoms with E-state index in [4.69, 9.17) is 11.0 Å². The fourth-order valence-electron chi connectivity index (χ4n) is 3.40. The number of ketones is 1. The van der Waals surface area contributed by atoms with Crippen molar-refractivity contribution in [3.8, 4) is 0 Å². The first-order valence-corrected chi connectivity index (χ1v) is 12.7. The number of non-ortho nitro benzene ring substituents is 1. The Morgan fingerprint density at radius 1 is 1.08 bits per heavy atom. The molecule has 0 amide bonds. The lowest BCUT2D eigenvalue weighted by Gasteiger charge is -2.20. The van der Waals surface area contributed by atoms with Crippen LogP contribution in [0.25, 0.3) is 6.08 Å². The summed E-state index contributed by atoms with van der Waals surface area (Å²) in [6.07, 6.45) is 0.981. The molecule has 3 aromatic carbocycles. The summed E-state index contributed by atoms with van der Waals surface area (Å²) < 4.78 is 38.5. The molecule has 0 aromatic heterocycles. The molecule has 0 radical (unpaired) electrons. The maximum absolute atomic E-state index is 13.5. The summed E-state index contributed by atoms with van der Waals surface area (Å²) >= 11 is 0.403. The van der Waals surface area contributed by atoms with Gasteiger partial charge in [0.05, 0.1) is 44.5 Å². The molecular weight excluding hydrogens is 556 g/mol. The first kappa shape index (κ1) is 27.5. The number of nitrogens with two attached hydrogens (primary N) is 1. The van der Waals surface area contributed by atoms with Gasteiger partial charge in [0.15, 0.2) is 5.71 Å². The van der Waals surface area contributed by atoms with Gasteiger partial charge in [-0.3, -0.25) is 24.9 Å². The Balaban J connectivity index is 1.84. The van der Waals surface area contributed by atoms with Crippen LogP contribution in [0, 0.1) is 10.1 Å². The fourth-order valence-corrected chi connectivity index (χ4v) is 4.57. The van der Waals surface area contributed by atoms with Crippen LogP contribution in [-0.4, -0.2) is 34.6 Å². The van der Waals surface area contributed by atoms with Crippen LogP contribution >= 0.6 is 12.0 Å². The number of anilines is 2. The predicted octanol–water partition coefficient (Wildman–Crippen LogP) is 4.91. The molecule has 0 atom stereocenters. The third-order valence-corrected chi connectivity index (χ3v) is 6.61. The van der Waals surface area contributed by atoms with Crippen LogP contribution in [0.15, 0.2) is 85.8 Å². The van der Waals surface area contributed by atoms with Crippen molar-refractivity contribution < 1.29 is 37.3 Å². The number of hydrogen-bond donors (Lipinski definition) is 4. The molecule has 200 valence electrons. The molecule has 5 N–H and O–H groups in total. The van der Waals surface area contributed by atoms with E-state index in [0.29, 0.717) is 17.7 Å². The molecule has 0 saturated carbocycles. The van der Waals surface area contributed by atoms with Crippen molar-refractivity contribution in [2.75, 3.05) is 11.2 Å². The van der Waals surface area contributed by atoms with Crippen LogP contribution < -0.4 is 11.2 Å². The van der Waals surface area contributed by atoms with E-state index in [0.717, 1.165) is 6.08 Å². The summed E-state index contributed by atoms with van der Waals surface area (Å²) in [5.41, 5.74) is 7.98. The van der Waals surface area contributed by atoms with Gasteiger partial charge in [0.2, 0.25) is 5.78 Å². The molecular formula is C22H16N6O9S2. The second kappa shape index (κ2) is 11.5. The molecule has 0 bridgehead atoms. The molecule has 0 aliphatic heterocycles. The van der Waals surface area contributed by atoms with Gasteiger partial charge in [-0.05, 0) is 42.0 Å². The molecule has 0 unspecified atom stereocenters. The van der Waals surface area contributed by atoms with Gasteiger partial charge in [-0.15, -0.1) is 9.45 Å². The zero-order valence-electron chi connectivity index (χ0n) is 19.3. The van der Waals surface area contributed by atoms with Crippen molar-refractivity contribution in [2.24, 2.45) is 15.3 Å². The maximum atomic E-state index is 13.5. The summed E-state index contributed by atoms with van der Waals surface area (Å²) in [6, 6.07) is 14.6. The standard InChI is InChI=1S/C22H16N6O9S2/c23-19-18-12(11-17(39(33,34)35)21(22(18)29)27-24-13-4-2-1-3-5-13)10-16(38-37-36-32)20(19)26-25-14-6-8-15(9-7-14)28(30)31/h1-11,24,32H,23H2,(H,33,34,35)/b26-25+,27-21-. The number of rotatable bonds is 9. The topological polar surface area (TPSA) is 228 Å². The Bertz CT molecular complexity index is 1640. The number of azo groups is 1. The van der Waals surface area contributed by atoms with Gasteiger partial charge in [0, 0.05) is 12.1 Å². The zero-order chi connectivity index (χ0) is 28.2. The number of Topliss-reactive ketones (excluding diaryl/α,β-unsaturated/α-hetero) is 1. The van der Waals surface area contributed by atoms with Crippen LogP contribution in [0.2, 0.25) is 0 Å². The number of nitrogen functional groups attached to an aromatic ring is 1. The van der Waals surface area contributed by atoms with Gasteiger partial charge in [-0.25, -0.2) is 5.26 Å². The van der Waals surface area contributed by atoms with Gasteiger partial charge in [0.25, 0.3) is 15.8 Å². The normalized spacial score (nSPS) is 14.4. The minimum atomic E-state index is -4.93. The molecule has 3 aromatic rings. The van der Waals surface area contributed by atoms with Gasteiger partial charge in [-0.1, -0.05) is 23.2 Å². The minimum absolute atomic E-state index is 0.0208. The molecule has 0 fully saturated rings. The summed E-state index contributed by atoms with van der Waals surface area (Å²) in [6.45, 7) is 0. The van der Waals surface area contributed by atoms with E-state index in [2.05, 4.69) is 30.1 Å². The Morgan fingerprint density at radius 3 is 2.38 bits per heavy atom. The summed E-state index contributed by atoms with van der Waals surface area (Å²) in [5, 5.41) is 35.0. The smallest absolute Gasteiger partial charge is 0.296 e. The molecule has 15 nitrogen and oxygen atoms in total. The average Bonchev–Trinajstić information content (AvgIpc) is 2.90. The average molecular weight is 573 g/mol. The summed E-state index contributed by atoms with van der Waals surface area (Å²) in [7, 11) is -4.93. The lowest BCUT2D eigenvalue weighted by atomic mass is 9.92. The number of fused-ring (bicyclic) bond motifs is 1. The number of para-hydroxylation sites is 1. The molecule has 4 rings (SSSR count). The van der Waals surface area contributed by atoms with Crippen molar-refractivity contribution in [2.45, 2.75) is 4.90 Å². The number of hydrazone groups is 1. The molecule has 39 heavy (non-hydrogen) atoms. The van der Waals surface area contributed by atoms with Crippen LogP contribution in [0.4, 0.5) is 28.4 Å². The van der Waals surface area contributed by atoms with Crippen molar-refractivity contribution in [3.63, 3.8) is 0 Å². The van der Waals surface area contributed by atoms with Gasteiger partial charge in [0.1, 0.15) is 10.6 Å². The SMILES string of the molecule is Nc1c(/N=N/c2ccc([N+](=O)[O-])cc2)c(SOOO)cc2c1C(=O)/C(=N\Nc1ccccc1)C(S(=O)(=O)O)=C2. The first-order valence-electron chi connectivity index (χ1n) is 10.5. The highest BCUT2D eigenvalue weighted by molar-refractivity contribution is 7.94. The predicted molar refractivity (Wildman–Crippen MR) is 140 cm³/mol. The van der Waals surface area contributed by atoms with Gasteiger partial charge >= 0.3 is 0 Å². The highest BCUT2D eigenvalue weighted by Gasteiger charge is 2.36. The summed E-state index contributed by atoms with van der Waals surface area (Å²) in [4.78, 5) is 23.0. The second-order valence-corrected chi connectivity index (χ2v) is 9.68. The van der Waals surface area contributed by atoms with Crippen LogP contribution in [0.5, 0.6) is 0 Å². The second-order valence-electron chi connectivity index (χ2n) is 7.55. The van der Waals surface area contributed by atoms with Gasteiger partial charge < -0.3 is 5.73 Å². The summed E-state index contributed by atoms with van der Waals surface area (Å²) in [5.74, 6) is -0.955. The number of benzene rings is 3. The minimum Gasteiger partial charge on any atom is -0.396 e. The highest BCUT2D eigenvalue weighted by atomic mass is 32.2.